The van der Waals surface area contributed by atoms with Crippen LogP contribution in [0.2, 0.25) is 0 Å². The van der Waals surface area contributed by atoms with Gasteiger partial charge in [-0.2, -0.15) is 5.10 Å². The number of nitrogens with one attached hydrogen (secondary N) is 1. The number of rotatable bonds is 3. The molecule has 0 radical (unpaired) electrons. The molecule has 1 amide bonds. The van der Waals surface area contributed by atoms with Crippen molar-refractivity contribution in [3.05, 3.63) is 33.4 Å². The number of hydrogen-bond acceptors (Lipinski definition) is 2. The average molecular weight is 356 g/mol. The molecule has 1 saturated carbocycles. The topological polar surface area (TPSA) is 41.5 Å². The van der Waals surface area contributed by atoms with Gasteiger partial charge in [0.05, 0.1) is 5.56 Å². The molecule has 0 heterocycles. The van der Waals surface area contributed by atoms with E-state index in [0.29, 0.717) is 11.5 Å². The van der Waals surface area contributed by atoms with Gasteiger partial charge in [-0.1, -0.05) is 19.1 Å². The molecule has 0 aromatic heterocycles. The van der Waals surface area contributed by atoms with Gasteiger partial charge in [-0.25, -0.2) is 5.43 Å². The molecule has 0 saturated heterocycles. The smallest absolute Gasteiger partial charge is 0.267 e. The van der Waals surface area contributed by atoms with Crippen molar-refractivity contribution in [2.24, 2.45) is 11.0 Å². The molecular formula is C14H17IN2O. The van der Waals surface area contributed by atoms with Crippen LogP contribution in [0.1, 0.15) is 43.0 Å². The Hall–Kier alpha value is -0.910. The number of amides is 1. The first kappa shape index (κ1) is 13.5. The van der Waals surface area contributed by atoms with Gasteiger partial charge in [0.25, 0.3) is 5.91 Å². The van der Waals surface area contributed by atoms with E-state index < -0.39 is 0 Å². The Labute approximate surface area is 121 Å². The first-order valence-electron chi connectivity index (χ1n) is 6.33. The van der Waals surface area contributed by atoms with E-state index in [-0.39, 0.29) is 5.91 Å². The van der Waals surface area contributed by atoms with Gasteiger partial charge in [0.2, 0.25) is 0 Å². The van der Waals surface area contributed by atoms with Crippen molar-refractivity contribution in [2.45, 2.75) is 32.6 Å². The lowest BCUT2D eigenvalue weighted by Crippen LogP contribution is -2.21. The zero-order valence-corrected chi connectivity index (χ0v) is 12.6. The lowest BCUT2D eigenvalue weighted by molar-refractivity contribution is 0.0953. The molecule has 18 heavy (non-hydrogen) atoms. The summed E-state index contributed by atoms with van der Waals surface area (Å²) in [4.78, 5) is 12.0. The summed E-state index contributed by atoms with van der Waals surface area (Å²) >= 11 is 2.17. The monoisotopic (exact) mass is 356 g/mol. The van der Waals surface area contributed by atoms with Gasteiger partial charge >= 0.3 is 0 Å². The summed E-state index contributed by atoms with van der Waals surface area (Å²) < 4.78 is 0.950. The number of hydrogen-bond donors (Lipinski definition) is 1. The number of halogens is 1. The van der Waals surface area contributed by atoms with Crippen LogP contribution >= 0.6 is 22.6 Å². The van der Waals surface area contributed by atoms with E-state index in [9.17, 15) is 4.79 Å². The molecule has 0 spiro atoms. The second-order valence-corrected chi connectivity index (χ2v) is 5.68. The number of carbonyl (C=O) groups excluding carboxylic acids is 1. The molecular weight excluding hydrogens is 339 g/mol. The summed E-state index contributed by atoms with van der Waals surface area (Å²) in [7, 11) is 0. The first-order valence-corrected chi connectivity index (χ1v) is 7.41. The van der Waals surface area contributed by atoms with Crippen molar-refractivity contribution in [2.75, 3.05) is 0 Å². The molecule has 3 nitrogen and oxygen atoms in total. The molecule has 4 heteroatoms. The molecule has 1 N–H and O–H groups in total. The van der Waals surface area contributed by atoms with E-state index >= 15 is 0 Å². The van der Waals surface area contributed by atoms with Gasteiger partial charge in [0.1, 0.15) is 0 Å². The standard InChI is InChI=1S/C14H17IN2O/c1-2-10-6-5-9-13(10)16-17-14(18)11-7-3-4-8-12(11)15/h3-4,7-8,10H,2,5-6,9H2,1H3,(H,17,18)/b16-13-/t10-/m1/s1. The van der Waals surface area contributed by atoms with Gasteiger partial charge in [-0.3, -0.25) is 4.79 Å². The summed E-state index contributed by atoms with van der Waals surface area (Å²) in [6.45, 7) is 2.17. The Morgan fingerprint density at radius 2 is 2.28 bits per heavy atom. The third-order valence-electron chi connectivity index (χ3n) is 3.37. The zero-order chi connectivity index (χ0) is 13.0. The minimum Gasteiger partial charge on any atom is -0.267 e. The molecule has 1 aromatic carbocycles. The van der Waals surface area contributed by atoms with Crippen molar-refractivity contribution in [3.8, 4) is 0 Å². The van der Waals surface area contributed by atoms with E-state index in [1.165, 1.54) is 12.8 Å². The fourth-order valence-electron chi connectivity index (χ4n) is 2.32. The van der Waals surface area contributed by atoms with E-state index in [4.69, 9.17) is 0 Å². The highest BCUT2D eigenvalue weighted by molar-refractivity contribution is 14.1. The Bertz CT molecular complexity index is 471. The maximum absolute atomic E-state index is 12.0. The van der Waals surface area contributed by atoms with Crippen LogP contribution in [0.3, 0.4) is 0 Å². The minimum atomic E-state index is -0.116. The number of hydrazone groups is 1. The quantitative estimate of drug-likeness (QED) is 0.653. The van der Waals surface area contributed by atoms with Crippen LogP contribution in [-0.2, 0) is 0 Å². The molecule has 1 aromatic rings. The van der Waals surface area contributed by atoms with Crippen LogP contribution in [0.25, 0.3) is 0 Å². The summed E-state index contributed by atoms with van der Waals surface area (Å²) in [5, 5.41) is 4.31. The predicted octanol–water partition coefficient (Wildman–Crippen LogP) is 3.59. The highest BCUT2D eigenvalue weighted by atomic mass is 127. The molecule has 2 rings (SSSR count). The van der Waals surface area contributed by atoms with Gasteiger partial charge in [-0.15, -0.1) is 0 Å². The molecule has 96 valence electrons. The van der Waals surface area contributed by atoms with Crippen LogP contribution in [-0.4, -0.2) is 11.6 Å². The van der Waals surface area contributed by atoms with Crippen molar-refractivity contribution in [1.82, 2.24) is 5.43 Å². The van der Waals surface area contributed by atoms with Crippen molar-refractivity contribution < 1.29 is 4.79 Å². The average Bonchev–Trinajstić information content (AvgIpc) is 2.84. The van der Waals surface area contributed by atoms with E-state index in [2.05, 4.69) is 40.0 Å². The van der Waals surface area contributed by atoms with Crippen LogP contribution < -0.4 is 5.43 Å². The van der Waals surface area contributed by atoms with Crippen LogP contribution in [0.4, 0.5) is 0 Å². The normalized spacial score (nSPS) is 21.2. The molecule has 1 aliphatic carbocycles. The van der Waals surface area contributed by atoms with Gasteiger partial charge in [0, 0.05) is 9.28 Å². The second kappa shape index (κ2) is 6.31. The number of carbonyl (C=O) groups is 1. The third-order valence-corrected chi connectivity index (χ3v) is 4.31. The summed E-state index contributed by atoms with van der Waals surface area (Å²) in [6, 6.07) is 7.54. The van der Waals surface area contributed by atoms with Gasteiger partial charge in [0.15, 0.2) is 0 Å². The molecule has 0 unspecified atom stereocenters. The number of nitrogens with zero attached hydrogens (tertiary/aromatic N) is 1. The van der Waals surface area contributed by atoms with Crippen LogP contribution in [0.15, 0.2) is 29.4 Å². The second-order valence-electron chi connectivity index (χ2n) is 4.52. The molecule has 1 aliphatic rings. The maximum atomic E-state index is 12.0. The van der Waals surface area contributed by atoms with Gasteiger partial charge < -0.3 is 0 Å². The third kappa shape index (κ3) is 3.10. The highest BCUT2D eigenvalue weighted by Gasteiger charge is 2.21. The van der Waals surface area contributed by atoms with Gasteiger partial charge in [-0.05, 0) is 66.3 Å². The lowest BCUT2D eigenvalue weighted by atomic mass is 10.0. The lowest BCUT2D eigenvalue weighted by Gasteiger charge is -2.08. The molecule has 1 atom stereocenters. The highest BCUT2D eigenvalue weighted by Crippen LogP contribution is 2.25. The SMILES string of the molecule is CC[C@@H]1CCC/C1=N/NC(=O)c1ccccc1I. The molecule has 0 bridgehead atoms. The Balaban J connectivity index is 2.04. The zero-order valence-electron chi connectivity index (χ0n) is 10.4. The number of benzene rings is 1. The molecule has 1 fully saturated rings. The fraction of sp³-hybridized carbons (Fsp3) is 0.429. The van der Waals surface area contributed by atoms with E-state index in [1.54, 1.807) is 0 Å². The van der Waals surface area contributed by atoms with Crippen LogP contribution in [0, 0.1) is 9.49 Å². The predicted molar refractivity (Wildman–Crippen MR) is 81.7 cm³/mol. The Morgan fingerprint density at radius 1 is 1.50 bits per heavy atom. The fourth-order valence-corrected chi connectivity index (χ4v) is 2.95. The van der Waals surface area contributed by atoms with E-state index in [0.717, 1.165) is 22.1 Å². The van der Waals surface area contributed by atoms with E-state index in [1.807, 2.05) is 24.3 Å². The summed E-state index contributed by atoms with van der Waals surface area (Å²) in [5.41, 5.74) is 4.53. The maximum Gasteiger partial charge on any atom is 0.272 e. The van der Waals surface area contributed by atoms with Crippen LogP contribution in [0.5, 0.6) is 0 Å². The largest absolute Gasteiger partial charge is 0.272 e. The Kier molecular flexibility index (Phi) is 4.74. The van der Waals surface area contributed by atoms with Crippen molar-refractivity contribution in [3.63, 3.8) is 0 Å². The minimum absolute atomic E-state index is 0.116. The summed E-state index contributed by atoms with van der Waals surface area (Å²) in [5.74, 6) is 0.439. The Morgan fingerprint density at radius 3 is 3.00 bits per heavy atom. The summed E-state index contributed by atoms with van der Waals surface area (Å²) in [6.07, 6.45) is 4.52. The van der Waals surface area contributed by atoms with Crippen molar-refractivity contribution >= 4 is 34.2 Å². The molecule has 0 aliphatic heterocycles. The first-order chi connectivity index (χ1) is 8.72. The van der Waals surface area contributed by atoms with Crippen molar-refractivity contribution in [1.29, 1.82) is 0 Å².